The van der Waals surface area contributed by atoms with Crippen LogP contribution in [0.1, 0.15) is 33.3 Å². The maximum Gasteiger partial charge on any atom is 0.274 e. The molecule has 178 valence electrons. The Bertz CT molecular complexity index is 1170. The number of rotatable bonds is 7. The molecule has 10 heteroatoms. The van der Waals surface area contributed by atoms with Crippen molar-refractivity contribution < 1.29 is 19.1 Å². The van der Waals surface area contributed by atoms with Crippen molar-refractivity contribution in [1.29, 1.82) is 0 Å². The molecule has 0 spiro atoms. The Morgan fingerprint density at radius 3 is 2.53 bits per heavy atom. The molecule has 1 fully saturated rings. The second kappa shape index (κ2) is 10.9. The van der Waals surface area contributed by atoms with Crippen molar-refractivity contribution in [2.24, 2.45) is 0 Å². The Labute approximate surface area is 207 Å². The highest BCUT2D eigenvalue weighted by atomic mass is 35.5. The number of nitrogens with zero attached hydrogens (tertiary/aromatic N) is 3. The maximum atomic E-state index is 13.1. The molecule has 2 aromatic carbocycles. The fourth-order valence-corrected chi connectivity index (χ4v) is 4.02. The quantitative estimate of drug-likeness (QED) is 0.513. The normalized spacial score (nSPS) is 13.6. The first-order valence-corrected chi connectivity index (χ1v) is 11.6. The van der Waals surface area contributed by atoms with Gasteiger partial charge >= 0.3 is 0 Å². The summed E-state index contributed by atoms with van der Waals surface area (Å²) in [7, 11) is 0. The van der Waals surface area contributed by atoms with Crippen LogP contribution in [0, 0.1) is 0 Å². The highest BCUT2D eigenvalue weighted by Gasteiger charge is 2.26. The zero-order valence-corrected chi connectivity index (χ0v) is 20.1. The summed E-state index contributed by atoms with van der Waals surface area (Å²) < 4.78 is 12.7. The molecule has 0 saturated carbocycles. The minimum absolute atomic E-state index is 0.175. The standard InChI is InChI=1S/C24H24Cl2N4O4/c1-2-30-22(24(32)29-9-11-33-12-10-29)20(14-27-30)28-23(31)17-5-3-16(4-6-17)15-34-21-8-7-18(25)13-19(21)26/h3-8,13-14H,2,9-12,15H2,1H3,(H,28,31). The number of morpholine rings is 1. The summed E-state index contributed by atoms with van der Waals surface area (Å²) in [6.07, 6.45) is 1.51. The molecule has 1 saturated heterocycles. The second-order valence-corrected chi connectivity index (χ2v) is 8.49. The van der Waals surface area contributed by atoms with Gasteiger partial charge in [0.2, 0.25) is 0 Å². The lowest BCUT2D eigenvalue weighted by Crippen LogP contribution is -2.41. The lowest BCUT2D eigenvalue weighted by molar-refractivity contribution is 0.0295. The van der Waals surface area contributed by atoms with E-state index in [2.05, 4.69) is 10.4 Å². The van der Waals surface area contributed by atoms with Crippen LogP contribution in [0.4, 0.5) is 5.69 Å². The molecule has 0 atom stereocenters. The van der Waals surface area contributed by atoms with Gasteiger partial charge in [-0.3, -0.25) is 14.3 Å². The first kappa shape index (κ1) is 24.1. The number of carbonyl (C=O) groups is 2. The molecular formula is C24H24Cl2N4O4. The van der Waals surface area contributed by atoms with Crippen molar-refractivity contribution in [3.05, 3.63) is 75.5 Å². The van der Waals surface area contributed by atoms with Crippen molar-refractivity contribution in [3.8, 4) is 5.75 Å². The SMILES string of the molecule is CCn1ncc(NC(=O)c2ccc(COc3ccc(Cl)cc3Cl)cc2)c1C(=O)N1CCOCC1. The molecule has 0 unspecified atom stereocenters. The van der Waals surface area contributed by atoms with E-state index in [4.69, 9.17) is 32.7 Å². The molecule has 34 heavy (non-hydrogen) atoms. The van der Waals surface area contributed by atoms with E-state index in [1.165, 1.54) is 6.20 Å². The van der Waals surface area contributed by atoms with E-state index in [-0.39, 0.29) is 18.4 Å². The lowest BCUT2D eigenvalue weighted by atomic mass is 10.1. The smallest absolute Gasteiger partial charge is 0.274 e. The number of anilines is 1. The van der Waals surface area contributed by atoms with Gasteiger partial charge in [-0.2, -0.15) is 5.10 Å². The van der Waals surface area contributed by atoms with Crippen LogP contribution in [0.25, 0.3) is 0 Å². The number of amides is 2. The topological polar surface area (TPSA) is 85.7 Å². The van der Waals surface area contributed by atoms with Crippen LogP contribution >= 0.6 is 23.2 Å². The van der Waals surface area contributed by atoms with E-state index < -0.39 is 0 Å². The summed E-state index contributed by atoms with van der Waals surface area (Å²) in [5, 5.41) is 8.06. The Balaban J connectivity index is 1.42. The van der Waals surface area contributed by atoms with Gasteiger partial charge < -0.3 is 19.7 Å². The predicted octanol–water partition coefficient (Wildman–Crippen LogP) is 4.51. The van der Waals surface area contributed by atoms with Crippen LogP contribution in [-0.2, 0) is 17.9 Å². The van der Waals surface area contributed by atoms with Crippen LogP contribution in [0.3, 0.4) is 0 Å². The number of halogens is 2. The molecule has 4 rings (SSSR count). The predicted molar refractivity (Wildman–Crippen MR) is 130 cm³/mol. The van der Waals surface area contributed by atoms with E-state index in [1.54, 1.807) is 52.0 Å². The highest BCUT2D eigenvalue weighted by molar-refractivity contribution is 6.35. The van der Waals surface area contributed by atoms with Crippen molar-refractivity contribution >= 4 is 40.7 Å². The van der Waals surface area contributed by atoms with Gasteiger partial charge in [0.15, 0.2) is 0 Å². The number of aromatic nitrogens is 2. The summed E-state index contributed by atoms with van der Waals surface area (Å²) in [6, 6.07) is 12.0. The molecule has 2 amide bonds. The van der Waals surface area contributed by atoms with Crippen molar-refractivity contribution in [3.63, 3.8) is 0 Å². The van der Waals surface area contributed by atoms with Gasteiger partial charge in [-0.1, -0.05) is 35.3 Å². The van der Waals surface area contributed by atoms with Gasteiger partial charge in [-0.15, -0.1) is 0 Å². The molecule has 2 heterocycles. The second-order valence-electron chi connectivity index (χ2n) is 7.64. The van der Waals surface area contributed by atoms with Gasteiger partial charge in [0.05, 0.1) is 30.1 Å². The average molecular weight is 503 g/mol. The molecule has 1 N–H and O–H groups in total. The summed E-state index contributed by atoms with van der Waals surface area (Å²) >= 11 is 12.0. The Kier molecular flexibility index (Phi) is 7.72. The summed E-state index contributed by atoms with van der Waals surface area (Å²) in [4.78, 5) is 27.7. The number of hydrogen-bond acceptors (Lipinski definition) is 5. The molecular weight excluding hydrogens is 479 g/mol. The van der Waals surface area contributed by atoms with Gasteiger partial charge in [-0.05, 0) is 42.8 Å². The van der Waals surface area contributed by atoms with E-state index in [9.17, 15) is 9.59 Å². The molecule has 0 bridgehead atoms. The number of benzene rings is 2. The summed E-state index contributed by atoms with van der Waals surface area (Å²) in [5.74, 6) is 0.0180. The minimum atomic E-state index is -0.333. The van der Waals surface area contributed by atoms with Crippen LogP contribution in [0.2, 0.25) is 10.0 Å². The van der Waals surface area contributed by atoms with Crippen LogP contribution in [0.5, 0.6) is 5.75 Å². The van der Waals surface area contributed by atoms with Crippen molar-refractivity contribution in [2.75, 3.05) is 31.6 Å². The molecule has 3 aromatic rings. The minimum Gasteiger partial charge on any atom is -0.487 e. The fourth-order valence-electron chi connectivity index (χ4n) is 3.56. The number of nitrogens with one attached hydrogen (secondary N) is 1. The van der Waals surface area contributed by atoms with Crippen LogP contribution in [0.15, 0.2) is 48.7 Å². The third kappa shape index (κ3) is 5.52. The molecule has 0 aliphatic carbocycles. The number of hydrogen-bond donors (Lipinski definition) is 1. The number of carbonyl (C=O) groups excluding carboxylic acids is 2. The Morgan fingerprint density at radius 1 is 1.12 bits per heavy atom. The largest absolute Gasteiger partial charge is 0.487 e. The summed E-state index contributed by atoms with van der Waals surface area (Å²) in [6.45, 7) is 4.69. The third-order valence-corrected chi connectivity index (χ3v) is 5.92. The number of aryl methyl sites for hydroxylation is 1. The van der Waals surface area contributed by atoms with E-state index in [1.807, 2.05) is 6.92 Å². The first-order chi connectivity index (χ1) is 16.5. The van der Waals surface area contributed by atoms with Crippen molar-refractivity contribution in [1.82, 2.24) is 14.7 Å². The molecule has 1 aliphatic heterocycles. The van der Waals surface area contributed by atoms with Gasteiger partial charge in [-0.25, -0.2) is 0 Å². The molecule has 1 aliphatic rings. The molecule has 1 aromatic heterocycles. The van der Waals surface area contributed by atoms with Gasteiger partial charge in [0.25, 0.3) is 11.8 Å². The Morgan fingerprint density at radius 2 is 1.85 bits per heavy atom. The van der Waals surface area contributed by atoms with E-state index in [0.29, 0.717) is 65.6 Å². The Hall–Kier alpha value is -3.07. The van der Waals surface area contributed by atoms with Crippen molar-refractivity contribution in [2.45, 2.75) is 20.1 Å². The van der Waals surface area contributed by atoms with Crippen LogP contribution < -0.4 is 10.1 Å². The van der Waals surface area contributed by atoms with Crippen LogP contribution in [-0.4, -0.2) is 52.8 Å². The zero-order valence-electron chi connectivity index (χ0n) is 18.6. The van der Waals surface area contributed by atoms with E-state index >= 15 is 0 Å². The monoisotopic (exact) mass is 502 g/mol. The third-order valence-electron chi connectivity index (χ3n) is 5.39. The average Bonchev–Trinajstić information content (AvgIpc) is 3.26. The molecule has 0 radical (unpaired) electrons. The first-order valence-electron chi connectivity index (χ1n) is 10.9. The van der Waals surface area contributed by atoms with Gasteiger partial charge in [0, 0.05) is 30.2 Å². The summed E-state index contributed by atoms with van der Waals surface area (Å²) in [5.41, 5.74) is 2.06. The lowest BCUT2D eigenvalue weighted by Gasteiger charge is -2.27. The molecule has 8 nitrogen and oxygen atoms in total. The highest BCUT2D eigenvalue weighted by Crippen LogP contribution is 2.28. The van der Waals surface area contributed by atoms with Gasteiger partial charge in [0.1, 0.15) is 18.1 Å². The van der Waals surface area contributed by atoms with E-state index in [0.717, 1.165) is 5.56 Å². The number of ether oxygens (including phenoxy) is 2. The fraction of sp³-hybridized carbons (Fsp3) is 0.292. The zero-order chi connectivity index (χ0) is 24.1. The maximum absolute atomic E-state index is 13.1.